The Labute approximate surface area is 142 Å². The van der Waals surface area contributed by atoms with Crippen molar-refractivity contribution in [2.24, 2.45) is 0 Å². The number of carbonyl (C=O) groups excluding carboxylic acids is 1. The van der Waals surface area contributed by atoms with Crippen LogP contribution in [0.3, 0.4) is 0 Å². The highest BCUT2D eigenvalue weighted by Crippen LogP contribution is 2.12. The van der Waals surface area contributed by atoms with E-state index in [9.17, 15) is 14.3 Å². The molecule has 0 radical (unpaired) electrons. The lowest BCUT2D eigenvalue weighted by atomic mass is 10.2. The van der Waals surface area contributed by atoms with Crippen LogP contribution in [-0.4, -0.2) is 77.6 Å². The quantitative estimate of drug-likeness (QED) is 0.840. The predicted octanol–water partition coefficient (Wildman–Crippen LogP) is 0.927. The van der Waals surface area contributed by atoms with E-state index < -0.39 is 6.10 Å². The summed E-state index contributed by atoms with van der Waals surface area (Å²) in [5.74, 6) is -0.0281. The number of amides is 1. The molecule has 1 N–H and O–H groups in total. The van der Waals surface area contributed by atoms with Crippen molar-refractivity contribution in [2.75, 3.05) is 45.8 Å². The largest absolute Gasteiger partial charge is 0.390 e. The highest BCUT2D eigenvalue weighted by atomic mass is 19.1. The fourth-order valence-electron chi connectivity index (χ4n) is 3.53. The van der Waals surface area contributed by atoms with Crippen LogP contribution >= 0.6 is 0 Å². The number of aliphatic hydroxyl groups is 1. The Morgan fingerprint density at radius 1 is 1.08 bits per heavy atom. The molecule has 1 unspecified atom stereocenters. The average Bonchev–Trinajstić information content (AvgIpc) is 2.94. The number of hydrogen-bond donors (Lipinski definition) is 1. The average molecular weight is 335 g/mol. The lowest BCUT2D eigenvalue weighted by Crippen LogP contribution is -2.49. The summed E-state index contributed by atoms with van der Waals surface area (Å²) in [7, 11) is 0. The molecule has 2 heterocycles. The summed E-state index contributed by atoms with van der Waals surface area (Å²) in [5.41, 5.74) is 0.996. The Morgan fingerprint density at radius 3 is 2.50 bits per heavy atom. The first-order chi connectivity index (χ1) is 11.6. The van der Waals surface area contributed by atoms with Gasteiger partial charge in [0.1, 0.15) is 5.82 Å². The molecule has 2 aliphatic rings. The third-order valence-corrected chi connectivity index (χ3v) is 4.83. The minimum atomic E-state index is -0.484. The Morgan fingerprint density at radius 2 is 1.83 bits per heavy atom. The van der Waals surface area contributed by atoms with E-state index in [1.165, 1.54) is 6.07 Å². The van der Waals surface area contributed by atoms with Gasteiger partial charge in [-0.05, 0) is 24.1 Å². The van der Waals surface area contributed by atoms with Gasteiger partial charge in [0, 0.05) is 58.8 Å². The molecule has 132 valence electrons. The molecule has 1 amide bonds. The molecule has 0 aliphatic carbocycles. The van der Waals surface area contributed by atoms with E-state index in [0.29, 0.717) is 19.5 Å². The molecule has 0 bridgehead atoms. The van der Waals surface area contributed by atoms with Crippen molar-refractivity contribution in [3.8, 4) is 0 Å². The smallest absolute Gasteiger partial charge is 0.222 e. The van der Waals surface area contributed by atoms with Crippen LogP contribution < -0.4 is 0 Å². The van der Waals surface area contributed by atoms with Crippen LogP contribution in [0.15, 0.2) is 24.3 Å². The van der Waals surface area contributed by atoms with E-state index in [2.05, 4.69) is 9.80 Å². The van der Waals surface area contributed by atoms with Gasteiger partial charge in [-0.3, -0.25) is 14.6 Å². The van der Waals surface area contributed by atoms with E-state index in [0.717, 1.165) is 51.3 Å². The van der Waals surface area contributed by atoms with Gasteiger partial charge in [-0.1, -0.05) is 12.1 Å². The Balaban J connectivity index is 1.39. The zero-order chi connectivity index (χ0) is 16.9. The van der Waals surface area contributed by atoms with E-state index in [1.54, 1.807) is 17.0 Å². The number of piperazine rings is 1. The number of likely N-dealkylation sites (tertiary alicyclic amines) is 1. The van der Waals surface area contributed by atoms with Gasteiger partial charge in [-0.2, -0.15) is 0 Å². The summed E-state index contributed by atoms with van der Waals surface area (Å²) in [6.07, 6.45) is 1.04. The lowest BCUT2D eigenvalue weighted by Gasteiger charge is -2.36. The molecule has 5 nitrogen and oxygen atoms in total. The molecule has 1 atom stereocenters. The molecule has 0 saturated carbocycles. The summed E-state index contributed by atoms with van der Waals surface area (Å²) in [4.78, 5) is 17.9. The zero-order valence-electron chi connectivity index (χ0n) is 14.0. The highest BCUT2D eigenvalue weighted by molar-refractivity contribution is 5.78. The maximum atomic E-state index is 13.2. The number of rotatable bonds is 6. The van der Waals surface area contributed by atoms with Crippen molar-refractivity contribution in [3.63, 3.8) is 0 Å². The van der Waals surface area contributed by atoms with Crippen molar-refractivity contribution >= 4 is 5.91 Å². The third-order valence-electron chi connectivity index (χ3n) is 4.83. The topological polar surface area (TPSA) is 47.0 Å². The van der Waals surface area contributed by atoms with Crippen LogP contribution in [0.2, 0.25) is 0 Å². The fraction of sp³-hybridized carbons (Fsp3) is 0.611. The van der Waals surface area contributed by atoms with Gasteiger partial charge in [0.25, 0.3) is 0 Å². The molecule has 1 aromatic rings. The van der Waals surface area contributed by atoms with E-state index in [-0.39, 0.29) is 11.7 Å². The monoisotopic (exact) mass is 335 g/mol. The first-order valence-corrected chi connectivity index (χ1v) is 8.75. The SMILES string of the molecule is O=C1CCCN1CC(O)CN1CCN(Cc2cccc(F)c2)CC1. The van der Waals surface area contributed by atoms with Gasteiger partial charge in [-0.15, -0.1) is 0 Å². The fourth-order valence-corrected chi connectivity index (χ4v) is 3.53. The lowest BCUT2D eigenvalue weighted by molar-refractivity contribution is -0.129. The number of hydrogen-bond acceptors (Lipinski definition) is 4. The second-order valence-electron chi connectivity index (χ2n) is 6.80. The van der Waals surface area contributed by atoms with Gasteiger partial charge in [0.05, 0.1) is 6.10 Å². The van der Waals surface area contributed by atoms with Crippen molar-refractivity contribution in [3.05, 3.63) is 35.6 Å². The number of halogens is 1. The molecule has 2 aliphatic heterocycles. The van der Waals surface area contributed by atoms with Gasteiger partial charge >= 0.3 is 0 Å². The van der Waals surface area contributed by atoms with Crippen LogP contribution in [0, 0.1) is 5.82 Å². The van der Waals surface area contributed by atoms with Gasteiger partial charge in [0.2, 0.25) is 5.91 Å². The first-order valence-electron chi connectivity index (χ1n) is 8.75. The summed E-state index contributed by atoms with van der Waals surface area (Å²) < 4.78 is 13.2. The van der Waals surface area contributed by atoms with Crippen LogP contribution in [0.5, 0.6) is 0 Å². The number of β-amino-alcohol motifs (C(OH)–C–C–N with tert-alkyl or cyclic N) is 1. The number of benzene rings is 1. The Bertz CT molecular complexity index is 561. The summed E-state index contributed by atoms with van der Waals surface area (Å²) >= 11 is 0. The van der Waals surface area contributed by atoms with Crippen molar-refractivity contribution in [2.45, 2.75) is 25.5 Å². The van der Waals surface area contributed by atoms with E-state index >= 15 is 0 Å². The van der Waals surface area contributed by atoms with E-state index in [1.807, 2.05) is 6.07 Å². The summed E-state index contributed by atoms with van der Waals surface area (Å²) in [6.45, 7) is 6.19. The molecule has 2 fully saturated rings. The second kappa shape index (κ2) is 8.05. The Hall–Kier alpha value is -1.50. The standard InChI is InChI=1S/C18H26FN3O2/c19-16-4-1-3-15(11-16)12-20-7-9-21(10-8-20)13-17(23)14-22-6-2-5-18(22)24/h1,3-4,11,17,23H,2,5-10,12-14H2. The van der Waals surface area contributed by atoms with E-state index in [4.69, 9.17) is 0 Å². The molecule has 2 saturated heterocycles. The predicted molar refractivity (Wildman–Crippen MR) is 89.9 cm³/mol. The summed E-state index contributed by atoms with van der Waals surface area (Å²) in [5, 5.41) is 10.2. The molecule has 0 aromatic heterocycles. The number of carbonyl (C=O) groups is 1. The van der Waals surface area contributed by atoms with Crippen molar-refractivity contribution < 1.29 is 14.3 Å². The maximum Gasteiger partial charge on any atom is 0.222 e. The van der Waals surface area contributed by atoms with Crippen LogP contribution in [0.4, 0.5) is 4.39 Å². The summed E-state index contributed by atoms with van der Waals surface area (Å²) in [6, 6.07) is 6.75. The van der Waals surface area contributed by atoms with Gasteiger partial charge < -0.3 is 10.0 Å². The highest BCUT2D eigenvalue weighted by Gasteiger charge is 2.25. The van der Waals surface area contributed by atoms with Crippen LogP contribution in [0.1, 0.15) is 18.4 Å². The number of nitrogens with zero attached hydrogens (tertiary/aromatic N) is 3. The van der Waals surface area contributed by atoms with Crippen molar-refractivity contribution in [1.29, 1.82) is 0 Å². The molecule has 0 spiro atoms. The maximum absolute atomic E-state index is 13.2. The minimum Gasteiger partial charge on any atom is -0.390 e. The minimum absolute atomic E-state index is 0.161. The van der Waals surface area contributed by atoms with Gasteiger partial charge in [-0.25, -0.2) is 4.39 Å². The first kappa shape index (κ1) is 17.3. The third kappa shape index (κ3) is 4.75. The molecule has 24 heavy (non-hydrogen) atoms. The van der Waals surface area contributed by atoms with Crippen LogP contribution in [-0.2, 0) is 11.3 Å². The zero-order valence-corrected chi connectivity index (χ0v) is 14.0. The molecular formula is C18H26FN3O2. The molecule has 3 rings (SSSR count). The Kier molecular flexibility index (Phi) is 5.81. The van der Waals surface area contributed by atoms with Crippen molar-refractivity contribution in [1.82, 2.24) is 14.7 Å². The number of aliphatic hydroxyl groups excluding tert-OH is 1. The molecule has 6 heteroatoms. The van der Waals surface area contributed by atoms with Crippen LogP contribution in [0.25, 0.3) is 0 Å². The second-order valence-corrected chi connectivity index (χ2v) is 6.80. The molecule has 1 aromatic carbocycles. The van der Waals surface area contributed by atoms with Gasteiger partial charge in [0.15, 0.2) is 0 Å². The molecular weight excluding hydrogens is 309 g/mol. The normalized spacial score (nSPS) is 21.4.